The van der Waals surface area contributed by atoms with Gasteiger partial charge in [0, 0.05) is 23.0 Å². The molecule has 0 spiro atoms. The lowest BCUT2D eigenvalue weighted by molar-refractivity contribution is 0.284. The average molecular weight is 609 g/mol. The Hall–Kier alpha value is -3.19. The van der Waals surface area contributed by atoms with Crippen molar-refractivity contribution in [3.63, 3.8) is 0 Å². The molecule has 0 saturated carbocycles. The van der Waals surface area contributed by atoms with Crippen molar-refractivity contribution < 1.29 is 18.3 Å². The van der Waals surface area contributed by atoms with Gasteiger partial charge in [0.05, 0.1) is 52.4 Å². The average Bonchev–Trinajstić information content (AvgIpc) is 3.49. The lowest BCUT2D eigenvalue weighted by atomic mass is 10.1. The normalized spacial score (nSPS) is 11.7. The molecule has 0 atom stereocenters. The number of benzene rings is 2. The third kappa shape index (κ3) is 10.3. The molecular weight excluding hydrogens is 561 g/mol. The molecule has 0 saturated heterocycles. The Morgan fingerprint density at radius 1 is 0.667 bits per heavy atom. The molecule has 2 heterocycles. The summed E-state index contributed by atoms with van der Waals surface area (Å²) in [5.41, 5.74) is 6.83. The van der Waals surface area contributed by atoms with Crippen LogP contribution in [0.1, 0.15) is 11.4 Å². The fraction of sp³-hybridized carbons (Fsp3) is 0.438. The van der Waals surface area contributed by atoms with Gasteiger partial charge < -0.3 is 18.3 Å². The van der Waals surface area contributed by atoms with Crippen LogP contribution in [0.2, 0.25) is 39.3 Å². The Bertz CT molecular complexity index is 1340. The molecule has 0 unspecified atom stereocenters. The van der Waals surface area contributed by atoms with Crippen molar-refractivity contribution in [1.82, 2.24) is 19.6 Å². The maximum atomic E-state index is 5.90. The third-order valence-corrected chi connectivity index (χ3v) is 8.69. The van der Waals surface area contributed by atoms with Crippen molar-refractivity contribution in [2.45, 2.75) is 66.2 Å². The summed E-state index contributed by atoms with van der Waals surface area (Å²) in [5.74, 6) is 1.74. The summed E-state index contributed by atoms with van der Waals surface area (Å²) in [6.07, 6.45) is 4.01. The molecule has 2 aromatic heterocycles. The van der Waals surface area contributed by atoms with E-state index in [1.54, 1.807) is 14.2 Å². The van der Waals surface area contributed by atoms with E-state index in [-0.39, 0.29) is 0 Å². The van der Waals surface area contributed by atoms with Crippen LogP contribution in [0.25, 0.3) is 22.3 Å². The first-order chi connectivity index (χ1) is 19.8. The first-order valence-electron chi connectivity index (χ1n) is 14.4. The molecule has 0 radical (unpaired) electrons. The van der Waals surface area contributed by atoms with E-state index in [1.807, 2.05) is 46.7 Å². The van der Waals surface area contributed by atoms with Gasteiger partial charge in [-0.2, -0.15) is 10.2 Å². The van der Waals surface area contributed by atoms with Crippen LogP contribution in [0.3, 0.4) is 0 Å². The molecule has 0 N–H and O–H groups in total. The third-order valence-electron chi connectivity index (χ3n) is 6.55. The fourth-order valence-corrected chi connectivity index (χ4v) is 5.70. The number of ether oxygens (including phenoxy) is 2. The van der Waals surface area contributed by atoms with Gasteiger partial charge in [-0.25, -0.2) is 0 Å². The zero-order chi connectivity index (χ0) is 30.9. The van der Waals surface area contributed by atoms with Gasteiger partial charge in [-0.05, 0) is 88.5 Å². The van der Waals surface area contributed by atoms with Crippen LogP contribution in [-0.4, -0.2) is 63.6 Å². The van der Waals surface area contributed by atoms with Gasteiger partial charge >= 0.3 is 0 Å². The molecule has 0 amide bonds. The highest BCUT2D eigenvalue weighted by molar-refractivity contribution is 6.70. The van der Waals surface area contributed by atoms with Crippen LogP contribution in [-0.2, 0) is 21.9 Å². The molecule has 0 aliphatic heterocycles. The minimum atomic E-state index is -1.45. The molecule has 2 aromatic carbocycles. The van der Waals surface area contributed by atoms with Crippen molar-refractivity contribution in [2.75, 3.05) is 27.4 Å². The highest BCUT2D eigenvalue weighted by Crippen LogP contribution is 2.26. The molecule has 10 heteroatoms. The highest BCUT2D eigenvalue weighted by atomic mass is 28.4. The number of nitrogens with zero attached hydrogens (tertiary/aromatic N) is 4. The van der Waals surface area contributed by atoms with Crippen LogP contribution in [0, 0.1) is 13.8 Å². The molecule has 4 rings (SSSR count). The van der Waals surface area contributed by atoms with Crippen molar-refractivity contribution in [2.24, 2.45) is 0 Å². The van der Waals surface area contributed by atoms with Crippen molar-refractivity contribution in [3.8, 4) is 33.8 Å². The number of methoxy groups -OCH3 is 2. The summed E-state index contributed by atoms with van der Waals surface area (Å²) in [6, 6.07) is 16.1. The highest BCUT2D eigenvalue weighted by Gasteiger charge is 2.15. The van der Waals surface area contributed by atoms with E-state index in [1.165, 1.54) is 5.69 Å². The molecule has 42 heavy (non-hydrogen) atoms. The Morgan fingerprint density at radius 3 is 1.62 bits per heavy atom. The SMILES string of the molecule is COc1ccc(-c2cn(CCO[Si](C)(C)C)nc2C)cc1.COc1ccc(-c2cnn(CCO[Si](C)(C)C)c2C)cc1. The smallest absolute Gasteiger partial charge is 0.183 e. The van der Waals surface area contributed by atoms with Crippen LogP contribution in [0.15, 0.2) is 60.9 Å². The van der Waals surface area contributed by atoms with Crippen molar-refractivity contribution in [1.29, 1.82) is 0 Å². The predicted octanol–water partition coefficient (Wildman–Crippen LogP) is 7.44. The van der Waals surface area contributed by atoms with Gasteiger partial charge in [0.25, 0.3) is 0 Å². The topological polar surface area (TPSA) is 72.6 Å². The molecule has 0 aliphatic rings. The molecule has 0 aliphatic carbocycles. The molecule has 228 valence electrons. The first kappa shape index (κ1) is 33.3. The van der Waals surface area contributed by atoms with Gasteiger partial charge in [-0.3, -0.25) is 9.36 Å². The Balaban J connectivity index is 0.000000230. The summed E-state index contributed by atoms with van der Waals surface area (Å²) in [7, 11) is 0.456. The van der Waals surface area contributed by atoms with Crippen LogP contribution in [0.4, 0.5) is 0 Å². The van der Waals surface area contributed by atoms with Crippen LogP contribution < -0.4 is 9.47 Å². The van der Waals surface area contributed by atoms with Crippen LogP contribution in [0.5, 0.6) is 11.5 Å². The monoisotopic (exact) mass is 608 g/mol. The zero-order valence-electron chi connectivity index (χ0n) is 27.0. The van der Waals surface area contributed by atoms with E-state index < -0.39 is 16.6 Å². The molecular formula is C32H48N4O4Si2. The number of rotatable bonds is 12. The Labute approximate surface area is 253 Å². The predicted molar refractivity (Wildman–Crippen MR) is 176 cm³/mol. The second-order valence-corrected chi connectivity index (χ2v) is 21.2. The maximum Gasteiger partial charge on any atom is 0.183 e. The second kappa shape index (κ2) is 14.8. The van der Waals surface area contributed by atoms with Crippen molar-refractivity contribution in [3.05, 3.63) is 72.3 Å². The van der Waals surface area contributed by atoms with E-state index in [0.29, 0.717) is 0 Å². The zero-order valence-corrected chi connectivity index (χ0v) is 29.0. The Kier molecular flexibility index (Phi) is 11.8. The van der Waals surface area contributed by atoms with Gasteiger partial charge in [0.2, 0.25) is 0 Å². The number of aryl methyl sites for hydroxylation is 1. The number of hydrogen-bond donors (Lipinski definition) is 0. The Morgan fingerprint density at radius 2 is 1.14 bits per heavy atom. The lowest BCUT2D eigenvalue weighted by Gasteiger charge is -2.17. The molecule has 8 nitrogen and oxygen atoms in total. The summed E-state index contributed by atoms with van der Waals surface area (Å²) in [5, 5.41) is 9.05. The summed E-state index contributed by atoms with van der Waals surface area (Å²) >= 11 is 0. The van der Waals surface area contributed by atoms with Crippen molar-refractivity contribution >= 4 is 16.6 Å². The summed E-state index contributed by atoms with van der Waals surface area (Å²) < 4.78 is 26.1. The maximum absolute atomic E-state index is 5.90. The van der Waals surface area contributed by atoms with E-state index in [2.05, 4.69) is 86.9 Å². The minimum absolute atomic E-state index is 0.721. The van der Waals surface area contributed by atoms with Gasteiger partial charge in [0.1, 0.15) is 11.5 Å². The van der Waals surface area contributed by atoms with Gasteiger partial charge in [0.15, 0.2) is 16.6 Å². The lowest BCUT2D eigenvalue weighted by Crippen LogP contribution is -2.27. The first-order valence-corrected chi connectivity index (χ1v) is 21.2. The fourth-order valence-electron chi connectivity index (χ4n) is 4.30. The quantitative estimate of drug-likeness (QED) is 0.156. The van der Waals surface area contributed by atoms with E-state index in [4.69, 9.17) is 18.3 Å². The minimum Gasteiger partial charge on any atom is -0.497 e. The van der Waals surface area contributed by atoms with E-state index >= 15 is 0 Å². The summed E-state index contributed by atoms with van der Waals surface area (Å²) in [4.78, 5) is 0. The van der Waals surface area contributed by atoms with E-state index in [9.17, 15) is 0 Å². The molecule has 4 aromatic rings. The number of aromatic nitrogens is 4. The molecule has 0 fully saturated rings. The summed E-state index contributed by atoms with van der Waals surface area (Å²) in [6.45, 7) is 20.4. The van der Waals surface area contributed by atoms with Gasteiger partial charge in [-0.1, -0.05) is 24.3 Å². The van der Waals surface area contributed by atoms with E-state index in [0.717, 1.165) is 65.8 Å². The second-order valence-electron chi connectivity index (χ2n) is 12.1. The largest absolute Gasteiger partial charge is 0.497 e. The van der Waals surface area contributed by atoms with Crippen LogP contribution >= 0.6 is 0 Å². The number of hydrogen-bond acceptors (Lipinski definition) is 6. The van der Waals surface area contributed by atoms with Gasteiger partial charge in [-0.15, -0.1) is 0 Å². The standard InChI is InChI=1S/2C16H24N2O2Si/c1-13-16(14-6-8-15(19-2)9-7-14)12-18(17-13)10-11-20-21(3,4)5;1-13-16(14-6-8-15(19-2)9-7-14)12-17-18(13)10-11-20-21(3,4)5/h2*6-9,12H,10-11H2,1-5H3. The molecule has 0 bridgehead atoms.